The van der Waals surface area contributed by atoms with Crippen LogP contribution in [0.3, 0.4) is 0 Å². The number of methoxy groups -OCH3 is 1. The summed E-state index contributed by atoms with van der Waals surface area (Å²) in [7, 11) is -0.621. The van der Waals surface area contributed by atoms with Crippen molar-refractivity contribution < 1.29 is 18.0 Å². The van der Waals surface area contributed by atoms with Gasteiger partial charge in [0.05, 0.1) is 13.2 Å². The monoisotopic (exact) mass is 265 g/mol. The Morgan fingerprint density at radius 2 is 2.06 bits per heavy atom. The van der Waals surface area contributed by atoms with E-state index in [-0.39, 0.29) is 10.8 Å². The Labute approximate surface area is 99.6 Å². The number of aryl methyl sites for hydroxylation is 1. The summed E-state index contributed by atoms with van der Waals surface area (Å²) in [6.45, 7) is 2.41. The lowest BCUT2D eigenvalue weighted by Gasteiger charge is -2.15. The van der Waals surface area contributed by atoms with E-state index < -0.39 is 10.0 Å². The molecular weight excluding hydrogens is 250 g/mol. The van der Waals surface area contributed by atoms with Crippen LogP contribution in [0.4, 0.5) is 0 Å². The van der Waals surface area contributed by atoms with Crippen LogP contribution in [0.15, 0.2) is 16.3 Å². The number of ether oxygens (including phenoxy) is 1. The van der Waals surface area contributed by atoms with Gasteiger partial charge in [-0.3, -0.25) is 4.84 Å². The molecule has 0 unspecified atom stereocenters. The highest BCUT2D eigenvalue weighted by Crippen LogP contribution is 2.23. The van der Waals surface area contributed by atoms with Gasteiger partial charge in [-0.05, 0) is 19.1 Å². The molecule has 92 valence electrons. The van der Waals surface area contributed by atoms with Gasteiger partial charge in [0.1, 0.15) is 4.21 Å². The van der Waals surface area contributed by atoms with E-state index in [9.17, 15) is 8.42 Å². The Morgan fingerprint density at radius 3 is 2.56 bits per heavy atom. The summed E-state index contributed by atoms with van der Waals surface area (Å²) in [4.78, 5) is 5.99. The van der Waals surface area contributed by atoms with Crippen LogP contribution in [0.1, 0.15) is 4.88 Å². The Hall–Kier alpha value is -0.470. The summed E-state index contributed by atoms with van der Waals surface area (Å²) in [6, 6.07) is 3.34. The molecule has 0 spiro atoms. The van der Waals surface area contributed by atoms with Gasteiger partial charge in [0, 0.05) is 19.0 Å². The molecule has 1 rings (SSSR count). The molecule has 0 amide bonds. The van der Waals surface area contributed by atoms with Gasteiger partial charge in [0.15, 0.2) is 0 Å². The number of sulfonamides is 1. The normalized spacial score (nSPS) is 12.2. The molecule has 1 aromatic heterocycles. The average Bonchev–Trinajstić information content (AvgIpc) is 2.65. The number of thiophene rings is 1. The Kier molecular flexibility index (Phi) is 4.88. The molecule has 0 aromatic carbocycles. The SMILES string of the molecule is COCCON(C)S(=O)(=O)c1ccc(C)s1. The first-order valence-corrected chi connectivity index (χ1v) is 6.91. The third-order valence-electron chi connectivity index (χ3n) is 1.87. The molecule has 0 fully saturated rings. The predicted octanol–water partition coefficient (Wildman–Crippen LogP) is 1.26. The van der Waals surface area contributed by atoms with Crippen molar-refractivity contribution in [1.29, 1.82) is 0 Å². The van der Waals surface area contributed by atoms with Crippen LogP contribution in [0.2, 0.25) is 0 Å². The van der Waals surface area contributed by atoms with Gasteiger partial charge >= 0.3 is 0 Å². The predicted molar refractivity (Wildman–Crippen MR) is 61.8 cm³/mol. The molecule has 0 bridgehead atoms. The van der Waals surface area contributed by atoms with E-state index in [1.54, 1.807) is 12.1 Å². The summed E-state index contributed by atoms with van der Waals surface area (Å²) in [5.41, 5.74) is 0. The molecule has 0 atom stereocenters. The third-order valence-corrected chi connectivity index (χ3v) is 4.97. The molecule has 0 aliphatic rings. The number of hydrogen-bond acceptors (Lipinski definition) is 5. The highest BCUT2D eigenvalue weighted by Gasteiger charge is 2.23. The maximum atomic E-state index is 11.9. The topological polar surface area (TPSA) is 55.8 Å². The van der Waals surface area contributed by atoms with Gasteiger partial charge in [-0.2, -0.15) is 0 Å². The van der Waals surface area contributed by atoms with Gasteiger partial charge in [-0.15, -0.1) is 11.3 Å². The summed E-state index contributed by atoms with van der Waals surface area (Å²) >= 11 is 1.22. The number of rotatable bonds is 6. The van der Waals surface area contributed by atoms with Gasteiger partial charge in [-0.1, -0.05) is 4.47 Å². The molecule has 5 nitrogen and oxygen atoms in total. The van der Waals surface area contributed by atoms with Crippen molar-refractivity contribution in [3.8, 4) is 0 Å². The first kappa shape index (κ1) is 13.6. The van der Waals surface area contributed by atoms with Gasteiger partial charge in [0.25, 0.3) is 10.0 Å². The lowest BCUT2D eigenvalue weighted by Crippen LogP contribution is -2.28. The largest absolute Gasteiger partial charge is 0.382 e. The fourth-order valence-corrected chi connectivity index (χ4v) is 3.42. The maximum absolute atomic E-state index is 11.9. The number of hydroxylamine groups is 1. The molecule has 0 saturated heterocycles. The lowest BCUT2D eigenvalue weighted by molar-refractivity contribution is -0.0814. The zero-order valence-electron chi connectivity index (χ0n) is 9.47. The minimum Gasteiger partial charge on any atom is -0.382 e. The zero-order valence-corrected chi connectivity index (χ0v) is 11.1. The fraction of sp³-hybridized carbons (Fsp3) is 0.556. The van der Waals surface area contributed by atoms with Gasteiger partial charge < -0.3 is 4.74 Å². The van der Waals surface area contributed by atoms with Crippen molar-refractivity contribution in [2.45, 2.75) is 11.1 Å². The smallest absolute Gasteiger partial charge is 0.274 e. The third kappa shape index (κ3) is 3.26. The highest BCUT2D eigenvalue weighted by atomic mass is 32.2. The second kappa shape index (κ2) is 5.74. The summed E-state index contributed by atoms with van der Waals surface area (Å²) in [6.07, 6.45) is 0. The second-order valence-corrected chi connectivity index (χ2v) is 6.56. The molecule has 0 aliphatic heterocycles. The van der Waals surface area contributed by atoms with Crippen LogP contribution in [-0.2, 0) is 19.6 Å². The quantitative estimate of drug-likeness (QED) is 0.574. The van der Waals surface area contributed by atoms with Crippen molar-refractivity contribution in [1.82, 2.24) is 4.47 Å². The molecular formula is C9H15NO4S2. The van der Waals surface area contributed by atoms with Gasteiger partial charge in [-0.25, -0.2) is 8.42 Å². The molecule has 16 heavy (non-hydrogen) atoms. The maximum Gasteiger partial charge on any atom is 0.274 e. The van der Waals surface area contributed by atoms with E-state index in [0.29, 0.717) is 6.61 Å². The summed E-state index contributed by atoms with van der Waals surface area (Å²) in [5, 5.41) is 0. The van der Waals surface area contributed by atoms with Crippen molar-refractivity contribution in [2.24, 2.45) is 0 Å². The van der Waals surface area contributed by atoms with Crippen LogP contribution in [0.25, 0.3) is 0 Å². The standard InChI is InChI=1S/C9H15NO4S2/c1-8-4-5-9(15-8)16(11,12)10(2)14-7-6-13-3/h4-5H,6-7H2,1-3H3. The van der Waals surface area contributed by atoms with Crippen LogP contribution >= 0.6 is 11.3 Å². The lowest BCUT2D eigenvalue weighted by atomic mass is 10.5. The van der Waals surface area contributed by atoms with E-state index in [1.165, 1.54) is 25.5 Å². The number of nitrogens with zero attached hydrogens (tertiary/aromatic N) is 1. The van der Waals surface area contributed by atoms with Crippen molar-refractivity contribution >= 4 is 21.4 Å². The minimum absolute atomic E-state index is 0.205. The average molecular weight is 265 g/mol. The van der Waals surface area contributed by atoms with Crippen molar-refractivity contribution in [3.63, 3.8) is 0 Å². The molecule has 7 heteroatoms. The Balaban J connectivity index is 2.70. The zero-order chi connectivity index (χ0) is 12.2. The van der Waals surface area contributed by atoms with Gasteiger partial charge in [0.2, 0.25) is 0 Å². The molecule has 1 aromatic rings. The number of hydrogen-bond donors (Lipinski definition) is 0. The summed E-state index contributed by atoms with van der Waals surface area (Å²) in [5.74, 6) is 0. The molecule has 0 aliphatic carbocycles. The van der Waals surface area contributed by atoms with Crippen LogP contribution in [0, 0.1) is 6.92 Å². The van der Waals surface area contributed by atoms with E-state index in [0.717, 1.165) is 9.35 Å². The molecule has 0 saturated carbocycles. The fourth-order valence-electron chi connectivity index (χ4n) is 0.996. The van der Waals surface area contributed by atoms with E-state index in [2.05, 4.69) is 0 Å². The Morgan fingerprint density at radius 1 is 1.38 bits per heavy atom. The van der Waals surface area contributed by atoms with E-state index in [4.69, 9.17) is 9.57 Å². The highest BCUT2D eigenvalue weighted by molar-refractivity contribution is 7.91. The van der Waals surface area contributed by atoms with Crippen molar-refractivity contribution in [2.75, 3.05) is 27.4 Å². The van der Waals surface area contributed by atoms with Crippen LogP contribution < -0.4 is 0 Å². The summed E-state index contributed by atoms with van der Waals surface area (Å²) < 4.78 is 29.7. The first-order valence-electron chi connectivity index (χ1n) is 4.65. The first-order chi connectivity index (χ1) is 7.48. The molecule has 0 N–H and O–H groups in total. The molecule has 0 radical (unpaired) electrons. The van der Waals surface area contributed by atoms with Crippen LogP contribution in [0.5, 0.6) is 0 Å². The Bertz CT molecular complexity index is 426. The van der Waals surface area contributed by atoms with E-state index >= 15 is 0 Å². The molecule has 1 heterocycles. The minimum atomic E-state index is -3.52. The van der Waals surface area contributed by atoms with Crippen LogP contribution in [-0.4, -0.2) is 40.3 Å². The van der Waals surface area contributed by atoms with E-state index in [1.807, 2.05) is 6.92 Å². The second-order valence-electron chi connectivity index (χ2n) is 3.11. The van der Waals surface area contributed by atoms with Crippen molar-refractivity contribution in [3.05, 3.63) is 17.0 Å².